The molecule has 0 aliphatic heterocycles. The van der Waals surface area contributed by atoms with Gasteiger partial charge in [-0.05, 0) is 19.4 Å². The standard InChI is InChI=1S/C13H16N2O/c1-10-13(9-16)11(2)15(14-10)8-12-6-4-3-5-7-12/h3-7,16H,8-9H2,1-2H3. The summed E-state index contributed by atoms with van der Waals surface area (Å²) in [6, 6.07) is 10.2. The molecule has 0 saturated carbocycles. The summed E-state index contributed by atoms with van der Waals surface area (Å²) in [7, 11) is 0. The van der Waals surface area contributed by atoms with Crippen molar-refractivity contribution < 1.29 is 5.11 Å². The highest BCUT2D eigenvalue weighted by Crippen LogP contribution is 2.14. The number of hydrogen-bond acceptors (Lipinski definition) is 2. The molecule has 0 spiro atoms. The van der Waals surface area contributed by atoms with Gasteiger partial charge in [0.1, 0.15) is 0 Å². The minimum absolute atomic E-state index is 0.0620. The van der Waals surface area contributed by atoms with E-state index in [0.717, 1.165) is 23.5 Å². The third-order valence-electron chi connectivity index (χ3n) is 2.86. The van der Waals surface area contributed by atoms with Crippen LogP contribution in [0.2, 0.25) is 0 Å². The summed E-state index contributed by atoms with van der Waals surface area (Å²) in [5, 5.41) is 13.7. The zero-order valence-electron chi connectivity index (χ0n) is 9.64. The Balaban J connectivity index is 2.29. The lowest BCUT2D eigenvalue weighted by Crippen LogP contribution is -2.04. The number of nitrogens with zero attached hydrogens (tertiary/aromatic N) is 2. The summed E-state index contributed by atoms with van der Waals surface area (Å²) in [6.07, 6.45) is 0. The molecule has 3 nitrogen and oxygen atoms in total. The van der Waals surface area contributed by atoms with Crippen LogP contribution in [0.3, 0.4) is 0 Å². The van der Waals surface area contributed by atoms with Gasteiger partial charge in [-0.15, -0.1) is 0 Å². The van der Waals surface area contributed by atoms with Gasteiger partial charge in [-0.25, -0.2) is 0 Å². The van der Waals surface area contributed by atoms with Crippen LogP contribution in [-0.4, -0.2) is 14.9 Å². The summed E-state index contributed by atoms with van der Waals surface area (Å²) in [5.41, 5.74) is 4.12. The topological polar surface area (TPSA) is 38.0 Å². The Morgan fingerprint density at radius 1 is 1.19 bits per heavy atom. The van der Waals surface area contributed by atoms with Crippen LogP contribution in [0.5, 0.6) is 0 Å². The monoisotopic (exact) mass is 216 g/mol. The molecule has 1 aromatic heterocycles. The van der Waals surface area contributed by atoms with E-state index in [1.807, 2.05) is 36.7 Å². The zero-order valence-corrected chi connectivity index (χ0v) is 9.64. The average molecular weight is 216 g/mol. The van der Waals surface area contributed by atoms with Crippen LogP contribution in [0.1, 0.15) is 22.5 Å². The predicted molar refractivity (Wildman–Crippen MR) is 63.2 cm³/mol. The Bertz CT molecular complexity index is 474. The summed E-state index contributed by atoms with van der Waals surface area (Å²) in [5.74, 6) is 0. The van der Waals surface area contributed by atoms with Gasteiger partial charge in [0, 0.05) is 11.3 Å². The SMILES string of the molecule is Cc1nn(Cc2ccccc2)c(C)c1CO. The molecule has 2 aromatic rings. The van der Waals surface area contributed by atoms with Crippen LogP contribution in [-0.2, 0) is 13.2 Å². The van der Waals surface area contributed by atoms with Crippen LogP contribution in [0.4, 0.5) is 0 Å². The van der Waals surface area contributed by atoms with E-state index in [9.17, 15) is 5.11 Å². The van der Waals surface area contributed by atoms with Gasteiger partial charge in [-0.3, -0.25) is 4.68 Å². The minimum Gasteiger partial charge on any atom is -0.392 e. The van der Waals surface area contributed by atoms with Crippen molar-refractivity contribution in [3.8, 4) is 0 Å². The van der Waals surface area contributed by atoms with Crippen molar-refractivity contribution in [2.24, 2.45) is 0 Å². The van der Waals surface area contributed by atoms with Gasteiger partial charge >= 0.3 is 0 Å². The highest BCUT2D eigenvalue weighted by molar-refractivity contribution is 5.25. The average Bonchev–Trinajstić information content (AvgIpc) is 2.55. The normalized spacial score (nSPS) is 10.7. The largest absolute Gasteiger partial charge is 0.392 e. The second-order valence-corrected chi connectivity index (χ2v) is 3.95. The molecule has 16 heavy (non-hydrogen) atoms. The number of hydrogen-bond donors (Lipinski definition) is 1. The Kier molecular flexibility index (Phi) is 3.06. The quantitative estimate of drug-likeness (QED) is 0.852. The summed E-state index contributed by atoms with van der Waals surface area (Å²) >= 11 is 0. The molecule has 0 fully saturated rings. The zero-order chi connectivity index (χ0) is 11.5. The van der Waals surface area contributed by atoms with Crippen molar-refractivity contribution in [1.82, 2.24) is 9.78 Å². The summed E-state index contributed by atoms with van der Waals surface area (Å²) in [4.78, 5) is 0. The molecule has 0 unspecified atom stereocenters. The number of aromatic nitrogens is 2. The fraction of sp³-hybridized carbons (Fsp3) is 0.308. The van der Waals surface area contributed by atoms with Crippen molar-refractivity contribution in [2.45, 2.75) is 27.0 Å². The van der Waals surface area contributed by atoms with E-state index < -0.39 is 0 Å². The fourth-order valence-corrected chi connectivity index (χ4v) is 1.87. The first kappa shape index (κ1) is 10.9. The van der Waals surface area contributed by atoms with Gasteiger partial charge in [0.25, 0.3) is 0 Å². The highest BCUT2D eigenvalue weighted by Gasteiger charge is 2.10. The maximum Gasteiger partial charge on any atom is 0.0718 e. The van der Waals surface area contributed by atoms with E-state index in [1.54, 1.807) is 0 Å². The van der Waals surface area contributed by atoms with E-state index in [1.165, 1.54) is 5.56 Å². The van der Waals surface area contributed by atoms with E-state index in [-0.39, 0.29) is 6.61 Å². The molecule has 1 aromatic carbocycles. The highest BCUT2D eigenvalue weighted by atomic mass is 16.3. The lowest BCUT2D eigenvalue weighted by atomic mass is 10.2. The van der Waals surface area contributed by atoms with Gasteiger partial charge in [-0.1, -0.05) is 30.3 Å². The summed E-state index contributed by atoms with van der Waals surface area (Å²) in [6.45, 7) is 4.74. The van der Waals surface area contributed by atoms with Crippen LogP contribution >= 0.6 is 0 Å². The molecule has 0 aliphatic carbocycles. The van der Waals surface area contributed by atoms with Crippen molar-refractivity contribution in [2.75, 3.05) is 0 Å². The van der Waals surface area contributed by atoms with E-state index in [0.29, 0.717) is 0 Å². The number of benzene rings is 1. The second kappa shape index (κ2) is 4.49. The van der Waals surface area contributed by atoms with E-state index in [4.69, 9.17) is 0 Å². The Labute approximate surface area is 95.3 Å². The van der Waals surface area contributed by atoms with Gasteiger partial charge in [-0.2, -0.15) is 5.10 Å². The molecule has 2 rings (SSSR count). The summed E-state index contributed by atoms with van der Waals surface area (Å²) < 4.78 is 1.94. The Hall–Kier alpha value is -1.61. The van der Waals surface area contributed by atoms with E-state index >= 15 is 0 Å². The Morgan fingerprint density at radius 2 is 1.88 bits per heavy atom. The van der Waals surface area contributed by atoms with Crippen LogP contribution < -0.4 is 0 Å². The third-order valence-corrected chi connectivity index (χ3v) is 2.86. The van der Waals surface area contributed by atoms with E-state index in [2.05, 4.69) is 17.2 Å². The minimum atomic E-state index is 0.0620. The molecular formula is C13H16N2O. The first-order valence-corrected chi connectivity index (χ1v) is 5.40. The smallest absolute Gasteiger partial charge is 0.0718 e. The molecular weight excluding hydrogens is 200 g/mol. The number of aryl methyl sites for hydroxylation is 1. The number of aliphatic hydroxyl groups excluding tert-OH is 1. The number of aliphatic hydroxyl groups is 1. The predicted octanol–water partition coefficient (Wildman–Crippen LogP) is 2.04. The maximum absolute atomic E-state index is 9.23. The van der Waals surface area contributed by atoms with Gasteiger partial charge < -0.3 is 5.11 Å². The number of rotatable bonds is 3. The Morgan fingerprint density at radius 3 is 2.44 bits per heavy atom. The van der Waals surface area contributed by atoms with Gasteiger partial charge in [0.2, 0.25) is 0 Å². The van der Waals surface area contributed by atoms with Crippen molar-refractivity contribution in [3.05, 3.63) is 52.8 Å². The lowest BCUT2D eigenvalue weighted by molar-refractivity contribution is 0.280. The molecule has 84 valence electrons. The molecule has 0 atom stereocenters. The second-order valence-electron chi connectivity index (χ2n) is 3.95. The van der Waals surface area contributed by atoms with Crippen LogP contribution in [0, 0.1) is 13.8 Å². The van der Waals surface area contributed by atoms with Gasteiger partial charge in [0.05, 0.1) is 18.8 Å². The molecule has 0 saturated heterocycles. The molecule has 3 heteroatoms. The van der Waals surface area contributed by atoms with Crippen LogP contribution in [0.25, 0.3) is 0 Å². The first-order valence-electron chi connectivity index (χ1n) is 5.40. The molecule has 1 N–H and O–H groups in total. The van der Waals surface area contributed by atoms with Crippen molar-refractivity contribution >= 4 is 0 Å². The van der Waals surface area contributed by atoms with Gasteiger partial charge in [0.15, 0.2) is 0 Å². The molecule has 0 amide bonds. The molecule has 1 heterocycles. The van der Waals surface area contributed by atoms with Crippen LogP contribution in [0.15, 0.2) is 30.3 Å². The first-order chi connectivity index (χ1) is 7.72. The van der Waals surface area contributed by atoms with Crippen molar-refractivity contribution in [1.29, 1.82) is 0 Å². The molecule has 0 aliphatic rings. The molecule has 0 bridgehead atoms. The third kappa shape index (κ3) is 1.99. The maximum atomic E-state index is 9.23. The lowest BCUT2D eigenvalue weighted by Gasteiger charge is -2.04. The fourth-order valence-electron chi connectivity index (χ4n) is 1.87. The molecule has 0 radical (unpaired) electrons. The van der Waals surface area contributed by atoms with Crippen molar-refractivity contribution in [3.63, 3.8) is 0 Å².